The molecule has 0 radical (unpaired) electrons. The Balaban J connectivity index is 1.86. The Morgan fingerprint density at radius 3 is 2.26 bits per heavy atom. The molecule has 0 unspecified atom stereocenters. The van der Waals surface area contributed by atoms with Crippen LogP contribution in [0.5, 0.6) is 0 Å². The number of benzene rings is 2. The number of nitrogens with zero attached hydrogens (tertiary/aromatic N) is 1. The lowest BCUT2D eigenvalue weighted by atomic mass is 10.1. The monoisotopic (exact) mass is 446 g/mol. The number of carbonyl (C=O) groups is 3. The van der Waals surface area contributed by atoms with E-state index in [2.05, 4.69) is 16.0 Å². The van der Waals surface area contributed by atoms with Gasteiger partial charge in [0.05, 0.1) is 18.0 Å². The first kappa shape index (κ1) is 24.0. The quantitative estimate of drug-likeness (QED) is 0.530. The number of anilines is 1. The highest BCUT2D eigenvalue weighted by Gasteiger charge is 2.19. The molecule has 0 atom stereocenters. The lowest BCUT2D eigenvalue weighted by molar-refractivity contribution is -0.123. The van der Waals surface area contributed by atoms with Gasteiger partial charge in [-0.3, -0.25) is 14.4 Å². The molecule has 2 rings (SSSR count). The number of aryl methyl sites for hydroxylation is 1. The van der Waals surface area contributed by atoms with E-state index in [1.165, 1.54) is 38.4 Å². The third kappa shape index (κ3) is 6.63. The SMILES string of the molecule is CCc1ccccc1NC(=O)CNC(=O)CNC(=O)c1cccc(S(=O)(=O)N(C)C)c1. The summed E-state index contributed by atoms with van der Waals surface area (Å²) in [6.07, 6.45) is 0.756. The molecule has 3 amide bonds. The van der Waals surface area contributed by atoms with Crippen molar-refractivity contribution in [3.63, 3.8) is 0 Å². The van der Waals surface area contributed by atoms with Crippen molar-refractivity contribution in [2.45, 2.75) is 18.2 Å². The van der Waals surface area contributed by atoms with Gasteiger partial charge in [0, 0.05) is 25.3 Å². The molecule has 0 aliphatic heterocycles. The number of rotatable bonds is 9. The number of sulfonamides is 1. The first-order valence-corrected chi connectivity index (χ1v) is 11.0. The average molecular weight is 447 g/mol. The number of nitrogens with one attached hydrogen (secondary N) is 3. The van der Waals surface area contributed by atoms with E-state index in [9.17, 15) is 22.8 Å². The molecule has 0 aliphatic rings. The Bertz CT molecular complexity index is 1070. The zero-order valence-corrected chi connectivity index (χ0v) is 18.5. The van der Waals surface area contributed by atoms with Gasteiger partial charge in [-0.05, 0) is 36.2 Å². The van der Waals surface area contributed by atoms with Crippen LogP contribution < -0.4 is 16.0 Å². The lowest BCUT2D eigenvalue weighted by Gasteiger charge is -2.12. The Kier molecular flexibility index (Phi) is 8.29. The first-order chi connectivity index (χ1) is 14.6. The van der Waals surface area contributed by atoms with Crippen LogP contribution in [0.25, 0.3) is 0 Å². The van der Waals surface area contributed by atoms with Crippen LogP contribution in [-0.4, -0.2) is 57.6 Å². The summed E-state index contributed by atoms with van der Waals surface area (Å²) in [7, 11) is -0.899. The maximum atomic E-state index is 12.3. The molecule has 0 fully saturated rings. The zero-order chi connectivity index (χ0) is 23.0. The van der Waals surface area contributed by atoms with Crippen molar-refractivity contribution in [2.75, 3.05) is 32.5 Å². The van der Waals surface area contributed by atoms with Crippen molar-refractivity contribution in [1.82, 2.24) is 14.9 Å². The van der Waals surface area contributed by atoms with Gasteiger partial charge >= 0.3 is 0 Å². The topological polar surface area (TPSA) is 125 Å². The Hall–Kier alpha value is -3.24. The molecule has 10 heteroatoms. The molecule has 3 N–H and O–H groups in total. The van der Waals surface area contributed by atoms with E-state index in [-0.39, 0.29) is 29.5 Å². The minimum Gasteiger partial charge on any atom is -0.345 e. The fraction of sp³-hybridized carbons (Fsp3) is 0.286. The maximum Gasteiger partial charge on any atom is 0.251 e. The summed E-state index contributed by atoms with van der Waals surface area (Å²) >= 11 is 0. The normalized spacial score (nSPS) is 11.1. The Morgan fingerprint density at radius 2 is 1.58 bits per heavy atom. The summed E-state index contributed by atoms with van der Waals surface area (Å²) in [4.78, 5) is 36.3. The third-order valence-corrected chi connectivity index (χ3v) is 6.21. The highest BCUT2D eigenvalue weighted by atomic mass is 32.2. The van der Waals surface area contributed by atoms with Crippen molar-refractivity contribution >= 4 is 33.4 Å². The third-order valence-electron chi connectivity index (χ3n) is 4.40. The standard InChI is InChI=1S/C21H26N4O5S/c1-4-15-8-5-6-11-18(15)24-20(27)14-22-19(26)13-23-21(28)16-9-7-10-17(12-16)31(29,30)25(2)3/h5-12H,4,13-14H2,1-3H3,(H,22,26)(H,23,28)(H,24,27). The number of hydrogen-bond donors (Lipinski definition) is 3. The molecule has 2 aromatic rings. The first-order valence-electron chi connectivity index (χ1n) is 9.60. The van der Waals surface area contributed by atoms with Crippen LogP contribution in [0.1, 0.15) is 22.8 Å². The predicted octanol–water partition coefficient (Wildman–Crippen LogP) is 0.984. The molecular formula is C21H26N4O5S. The van der Waals surface area contributed by atoms with Gasteiger partial charge in [-0.15, -0.1) is 0 Å². The van der Waals surface area contributed by atoms with E-state index in [1.54, 1.807) is 6.07 Å². The van der Waals surface area contributed by atoms with Crippen LogP contribution in [0.15, 0.2) is 53.4 Å². The summed E-state index contributed by atoms with van der Waals surface area (Å²) in [6.45, 7) is 1.37. The summed E-state index contributed by atoms with van der Waals surface area (Å²) in [5.41, 5.74) is 1.77. The van der Waals surface area contributed by atoms with Gasteiger partial charge in [-0.2, -0.15) is 0 Å². The van der Waals surface area contributed by atoms with E-state index in [0.29, 0.717) is 5.69 Å². The Morgan fingerprint density at radius 1 is 0.903 bits per heavy atom. The summed E-state index contributed by atoms with van der Waals surface area (Å²) in [5.74, 6) is -1.54. The fourth-order valence-electron chi connectivity index (χ4n) is 2.66. The minimum absolute atomic E-state index is 0.0290. The fourth-order valence-corrected chi connectivity index (χ4v) is 3.61. The van der Waals surface area contributed by atoms with Crippen molar-refractivity contribution < 1.29 is 22.8 Å². The summed E-state index contributed by atoms with van der Waals surface area (Å²) in [5, 5.41) is 7.57. The van der Waals surface area contributed by atoms with Gasteiger partial charge in [0.15, 0.2) is 0 Å². The summed E-state index contributed by atoms with van der Waals surface area (Å²) in [6, 6.07) is 12.9. The molecule has 0 spiro atoms. The van der Waals surface area contributed by atoms with Crippen molar-refractivity contribution in [3.05, 3.63) is 59.7 Å². The van der Waals surface area contributed by atoms with Gasteiger partial charge in [-0.25, -0.2) is 12.7 Å². The molecule has 2 aromatic carbocycles. The highest BCUT2D eigenvalue weighted by molar-refractivity contribution is 7.89. The van der Waals surface area contributed by atoms with Crippen LogP contribution in [0.2, 0.25) is 0 Å². The zero-order valence-electron chi connectivity index (χ0n) is 17.6. The number of para-hydroxylation sites is 1. The Labute approximate surface area is 181 Å². The largest absolute Gasteiger partial charge is 0.345 e. The van der Waals surface area contributed by atoms with Crippen LogP contribution in [0.3, 0.4) is 0 Å². The minimum atomic E-state index is -3.68. The van der Waals surface area contributed by atoms with Crippen molar-refractivity contribution in [3.8, 4) is 0 Å². The maximum absolute atomic E-state index is 12.3. The predicted molar refractivity (Wildman–Crippen MR) is 117 cm³/mol. The van der Waals surface area contributed by atoms with E-state index in [0.717, 1.165) is 16.3 Å². The molecule has 31 heavy (non-hydrogen) atoms. The second-order valence-corrected chi connectivity index (χ2v) is 8.99. The molecule has 0 aromatic heterocycles. The van der Waals surface area contributed by atoms with E-state index in [4.69, 9.17) is 0 Å². The molecular weight excluding hydrogens is 420 g/mol. The second kappa shape index (κ2) is 10.7. The highest BCUT2D eigenvalue weighted by Crippen LogP contribution is 2.15. The van der Waals surface area contributed by atoms with Crippen LogP contribution >= 0.6 is 0 Å². The number of amides is 3. The molecule has 0 saturated carbocycles. The van der Waals surface area contributed by atoms with E-state index in [1.807, 2.05) is 25.1 Å². The number of hydrogen-bond acceptors (Lipinski definition) is 5. The molecule has 0 bridgehead atoms. The molecule has 166 valence electrons. The van der Waals surface area contributed by atoms with Crippen LogP contribution in [0.4, 0.5) is 5.69 Å². The van der Waals surface area contributed by atoms with E-state index < -0.39 is 21.8 Å². The van der Waals surface area contributed by atoms with E-state index >= 15 is 0 Å². The second-order valence-electron chi connectivity index (χ2n) is 6.83. The van der Waals surface area contributed by atoms with Crippen molar-refractivity contribution in [1.29, 1.82) is 0 Å². The number of carbonyl (C=O) groups excluding carboxylic acids is 3. The molecule has 0 heterocycles. The van der Waals surface area contributed by atoms with Gasteiger partial charge < -0.3 is 16.0 Å². The van der Waals surface area contributed by atoms with Gasteiger partial charge in [-0.1, -0.05) is 31.2 Å². The summed E-state index contributed by atoms with van der Waals surface area (Å²) < 4.78 is 25.4. The molecule has 0 saturated heterocycles. The van der Waals surface area contributed by atoms with Gasteiger partial charge in [0.2, 0.25) is 21.8 Å². The van der Waals surface area contributed by atoms with Gasteiger partial charge in [0.1, 0.15) is 0 Å². The van der Waals surface area contributed by atoms with Crippen LogP contribution in [0, 0.1) is 0 Å². The molecule has 9 nitrogen and oxygen atoms in total. The van der Waals surface area contributed by atoms with Crippen molar-refractivity contribution in [2.24, 2.45) is 0 Å². The molecule has 0 aliphatic carbocycles. The smallest absolute Gasteiger partial charge is 0.251 e. The van der Waals surface area contributed by atoms with Gasteiger partial charge in [0.25, 0.3) is 5.91 Å². The van der Waals surface area contributed by atoms with Crippen LogP contribution in [-0.2, 0) is 26.0 Å². The average Bonchev–Trinajstić information content (AvgIpc) is 2.76. The lowest BCUT2D eigenvalue weighted by Crippen LogP contribution is -2.40.